The Bertz CT molecular complexity index is 1230. The molecule has 0 N–H and O–H groups in total. The molecule has 172 valence electrons. The number of benzene rings is 1. The van der Waals surface area contributed by atoms with E-state index >= 15 is 0 Å². The highest BCUT2D eigenvalue weighted by atomic mass is 19.1. The first-order valence-electron chi connectivity index (χ1n) is 10.7. The summed E-state index contributed by atoms with van der Waals surface area (Å²) < 4.78 is 47.3. The molecule has 1 saturated heterocycles. The predicted molar refractivity (Wildman–Crippen MR) is 115 cm³/mol. The number of morpholine rings is 1. The highest BCUT2D eigenvalue weighted by Crippen LogP contribution is 2.30. The first-order chi connectivity index (χ1) is 16.0. The van der Waals surface area contributed by atoms with Gasteiger partial charge in [0.15, 0.2) is 17.4 Å². The molecule has 1 aromatic carbocycles. The van der Waals surface area contributed by atoms with Gasteiger partial charge in [0.1, 0.15) is 18.2 Å². The monoisotopic (exact) mass is 456 g/mol. The second-order valence-electron chi connectivity index (χ2n) is 8.01. The van der Waals surface area contributed by atoms with Gasteiger partial charge in [0, 0.05) is 37.1 Å². The molecule has 3 aromatic rings. The number of halogens is 2. The Morgan fingerprint density at radius 3 is 2.79 bits per heavy atom. The zero-order valence-electron chi connectivity index (χ0n) is 18.0. The number of aryl methyl sites for hydroxylation is 1. The minimum Gasteiger partial charge on any atom is -0.473 e. The van der Waals surface area contributed by atoms with Crippen LogP contribution >= 0.6 is 0 Å². The van der Waals surface area contributed by atoms with Gasteiger partial charge >= 0.3 is 5.69 Å². The van der Waals surface area contributed by atoms with Crippen LogP contribution in [0.2, 0.25) is 0 Å². The van der Waals surface area contributed by atoms with Crippen molar-refractivity contribution in [1.82, 2.24) is 14.5 Å². The smallest absolute Gasteiger partial charge is 0.352 e. The molecule has 2 aromatic heterocycles. The number of hydrogen-bond donors (Lipinski definition) is 0. The van der Waals surface area contributed by atoms with Crippen LogP contribution in [0.15, 0.2) is 41.3 Å². The number of aromatic nitrogens is 3. The van der Waals surface area contributed by atoms with Crippen molar-refractivity contribution < 1.29 is 23.0 Å². The minimum absolute atomic E-state index is 0.104. The first kappa shape index (κ1) is 21.3. The average Bonchev–Trinajstić information content (AvgIpc) is 2.80. The molecule has 0 amide bonds. The van der Waals surface area contributed by atoms with Gasteiger partial charge in [0.2, 0.25) is 5.88 Å². The largest absolute Gasteiger partial charge is 0.473 e. The van der Waals surface area contributed by atoms with E-state index in [1.165, 1.54) is 12.3 Å². The third-order valence-electron chi connectivity index (χ3n) is 5.71. The Hall–Kier alpha value is -3.53. The Morgan fingerprint density at radius 2 is 2.00 bits per heavy atom. The van der Waals surface area contributed by atoms with Gasteiger partial charge < -0.3 is 19.1 Å². The van der Waals surface area contributed by atoms with Crippen molar-refractivity contribution in [3.63, 3.8) is 0 Å². The van der Waals surface area contributed by atoms with E-state index in [0.29, 0.717) is 32.0 Å². The van der Waals surface area contributed by atoms with Crippen molar-refractivity contribution >= 4 is 5.82 Å². The second-order valence-corrected chi connectivity index (χ2v) is 8.01. The van der Waals surface area contributed by atoms with Crippen LogP contribution in [-0.4, -0.2) is 40.3 Å². The predicted octanol–water partition coefficient (Wildman–Crippen LogP) is 3.21. The van der Waals surface area contributed by atoms with E-state index < -0.39 is 23.1 Å². The molecule has 33 heavy (non-hydrogen) atoms. The van der Waals surface area contributed by atoms with Gasteiger partial charge in [-0.25, -0.2) is 13.6 Å². The lowest BCUT2D eigenvalue weighted by Gasteiger charge is -2.41. The Balaban J connectivity index is 1.33. The maximum absolute atomic E-state index is 14.6. The zero-order chi connectivity index (χ0) is 22.9. The summed E-state index contributed by atoms with van der Waals surface area (Å²) in [6, 6.07) is 7.26. The van der Waals surface area contributed by atoms with Gasteiger partial charge in [-0.15, -0.1) is 0 Å². The Morgan fingerprint density at radius 1 is 1.18 bits per heavy atom. The summed E-state index contributed by atoms with van der Waals surface area (Å²) in [4.78, 5) is 22.6. The van der Waals surface area contributed by atoms with Crippen molar-refractivity contribution in [2.45, 2.75) is 32.5 Å². The quantitative estimate of drug-likeness (QED) is 0.583. The summed E-state index contributed by atoms with van der Waals surface area (Å²) in [5.74, 6) is -1.13. The van der Waals surface area contributed by atoms with E-state index in [4.69, 9.17) is 14.2 Å². The van der Waals surface area contributed by atoms with Gasteiger partial charge in [-0.1, -0.05) is 0 Å². The second kappa shape index (κ2) is 8.78. The number of ether oxygens (including phenoxy) is 3. The Labute approximate surface area is 188 Å². The molecule has 2 aliphatic rings. The average molecular weight is 456 g/mol. The van der Waals surface area contributed by atoms with Crippen LogP contribution in [0.1, 0.15) is 17.7 Å². The van der Waals surface area contributed by atoms with Gasteiger partial charge in [-0.05, 0) is 37.1 Å². The topological polar surface area (TPSA) is 78.7 Å². The van der Waals surface area contributed by atoms with Gasteiger partial charge in [-0.3, -0.25) is 9.55 Å². The first-order valence-corrected chi connectivity index (χ1v) is 10.7. The fraction of sp³-hybridized carbons (Fsp3) is 0.348. The standard InChI is InChI=1S/C23H22F2N4O4/c1-14-8-17(2-4-26-14)33-22-18(24)9-15(10-19(22)25)12-32-20-11-21-28-6-7-31-13-16(28)3-5-29(21)23(30)27-20/h2,4,8-11,16H,3,5-7,12-13H2,1H3/t16-/m0/s1. The summed E-state index contributed by atoms with van der Waals surface area (Å²) in [6.45, 7) is 4.00. The van der Waals surface area contributed by atoms with Crippen molar-refractivity contribution in [3.8, 4) is 17.4 Å². The number of fused-ring (bicyclic) bond motifs is 3. The number of rotatable bonds is 5. The van der Waals surface area contributed by atoms with E-state index in [0.717, 1.165) is 24.4 Å². The summed E-state index contributed by atoms with van der Waals surface area (Å²) in [5.41, 5.74) is 0.489. The molecule has 5 rings (SSSR count). The number of anilines is 1. The fourth-order valence-electron chi connectivity index (χ4n) is 4.12. The van der Waals surface area contributed by atoms with E-state index in [9.17, 15) is 13.6 Å². The van der Waals surface area contributed by atoms with E-state index in [1.807, 2.05) is 0 Å². The third-order valence-corrected chi connectivity index (χ3v) is 5.71. The SMILES string of the molecule is Cc1cc(Oc2c(F)cc(COc3cc4n(c(=O)n3)CC[C@H]3COCCN43)cc2F)ccn1. The van der Waals surface area contributed by atoms with Crippen LogP contribution < -0.4 is 20.1 Å². The molecule has 4 heterocycles. The summed E-state index contributed by atoms with van der Waals surface area (Å²) in [5, 5.41) is 0. The zero-order valence-corrected chi connectivity index (χ0v) is 18.0. The van der Waals surface area contributed by atoms with E-state index in [1.54, 1.807) is 23.6 Å². The number of nitrogens with zero attached hydrogens (tertiary/aromatic N) is 4. The molecule has 0 bridgehead atoms. The molecule has 0 unspecified atom stereocenters. The van der Waals surface area contributed by atoms with E-state index in [-0.39, 0.29) is 29.8 Å². The van der Waals surface area contributed by atoms with Gasteiger partial charge in [-0.2, -0.15) is 4.98 Å². The third kappa shape index (κ3) is 4.38. The summed E-state index contributed by atoms with van der Waals surface area (Å²) in [6.07, 6.45) is 2.30. The fourth-order valence-corrected chi connectivity index (χ4v) is 4.12. The maximum atomic E-state index is 14.6. The number of pyridine rings is 1. The molecule has 1 atom stereocenters. The van der Waals surface area contributed by atoms with Crippen LogP contribution in [-0.2, 0) is 17.9 Å². The lowest BCUT2D eigenvalue weighted by atomic mass is 10.1. The van der Waals surface area contributed by atoms with Crippen LogP contribution in [0.4, 0.5) is 14.6 Å². The van der Waals surface area contributed by atoms with Gasteiger partial charge in [0.25, 0.3) is 0 Å². The molecule has 0 radical (unpaired) electrons. The molecule has 10 heteroatoms. The molecular weight excluding hydrogens is 434 g/mol. The van der Waals surface area contributed by atoms with Crippen LogP contribution in [0.25, 0.3) is 0 Å². The highest BCUT2D eigenvalue weighted by Gasteiger charge is 2.30. The van der Waals surface area contributed by atoms with Crippen LogP contribution in [0, 0.1) is 18.6 Å². The van der Waals surface area contributed by atoms with E-state index in [2.05, 4.69) is 14.9 Å². The molecule has 2 aliphatic heterocycles. The highest BCUT2D eigenvalue weighted by molar-refractivity contribution is 5.45. The normalized spacial score (nSPS) is 17.3. The van der Waals surface area contributed by atoms with Gasteiger partial charge in [0.05, 0.1) is 19.3 Å². The Kier molecular flexibility index (Phi) is 5.67. The molecule has 0 aliphatic carbocycles. The lowest BCUT2D eigenvalue weighted by molar-refractivity contribution is 0.0847. The van der Waals surface area contributed by atoms with Crippen molar-refractivity contribution in [1.29, 1.82) is 0 Å². The van der Waals surface area contributed by atoms with Crippen LogP contribution in [0.5, 0.6) is 17.4 Å². The minimum atomic E-state index is -0.863. The van der Waals surface area contributed by atoms with Crippen molar-refractivity contribution in [2.24, 2.45) is 0 Å². The number of hydrogen-bond acceptors (Lipinski definition) is 7. The van der Waals surface area contributed by atoms with Crippen LogP contribution in [0.3, 0.4) is 0 Å². The molecule has 0 saturated carbocycles. The molecule has 1 fully saturated rings. The molecule has 0 spiro atoms. The lowest BCUT2D eigenvalue weighted by Crippen LogP contribution is -2.51. The molecular formula is C23H22F2N4O4. The maximum Gasteiger partial charge on any atom is 0.352 e. The van der Waals surface area contributed by atoms with Crippen molar-refractivity contribution in [2.75, 3.05) is 24.7 Å². The summed E-state index contributed by atoms with van der Waals surface area (Å²) >= 11 is 0. The van der Waals surface area contributed by atoms with Crippen molar-refractivity contribution in [3.05, 3.63) is 69.9 Å². The molecule has 8 nitrogen and oxygen atoms in total. The summed E-state index contributed by atoms with van der Waals surface area (Å²) in [7, 11) is 0.